The van der Waals surface area contributed by atoms with Crippen LogP contribution in [-0.2, 0) is 9.05 Å². The van der Waals surface area contributed by atoms with Gasteiger partial charge in [-0.2, -0.15) is 0 Å². The van der Waals surface area contributed by atoms with Gasteiger partial charge in [-0.15, -0.1) is 0 Å². The number of halogens is 4. The van der Waals surface area contributed by atoms with Crippen LogP contribution in [0.15, 0.2) is 11.1 Å². The number of ether oxygens (including phenoxy) is 1. The van der Waals surface area contributed by atoms with Gasteiger partial charge in [0, 0.05) is 10.7 Å². The molecule has 0 radical (unpaired) electrons. The van der Waals surface area contributed by atoms with Gasteiger partial charge in [-0.3, -0.25) is 0 Å². The molecule has 0 saturated carbocycles. The normalized spacial score (nSPS) is 11.9. The van der Waals surface area contributed by atoms with Gasteiger partial charge in [-0.25, -0.2) is 22.2 Å². The predicted octanol–water partition coefficient (Wildman–Crippen LogP) is 2.61. The third-order valence-electron chi connectivity index (χ3n) is 1.64. The molecule has 0 aliphatic carbocycles. The fraction of sp³-hybridized carbons (Fsp3) is 0.286. The van der Waals surface area contributed by atoms with Crippen molar-refractivity contribution in [2.75, 3.05) is 7.11 Å². The Morgan fingerprint density at radius 1 is 1.50 bits per heavy atom. The maximum Gasteiger partial charge on any atom is 0.281 e. The van der Waals surface area contributed by atoms with Gasteiger partial charge in [-0.1, -0.05) is 11.6 Å². The summed E-state index contributed by atoms with van der Waals surface area (Å²) in [7, 11) is 1.91. The Labute approximate surface area is 99.6 Å². The lowest BCUT2D eigenvalue weighted by atomic mass is 10.3. The molecule has 0 amide bonds. The molecule has 0 aliphatic heterocycles. The molecule has 9 heteroatoms. The molecule has 1 heterocycles. The third-order valence-corrected chi connectivity index (χ3v) is 3.49. The van der Waals surface area contributed by atoms with Crippen molar-refractivity contribution in [1.29, 1.82) is 0 Å². The Kier molecular flexibility index (Phi) is 3.92. The number of hydrogen-bond acceptors (Lipinski definition) is 4. The van der Waals surface area contributed by atoms with E-state index in [0.717, 1.165) is 13.3 Å². The van der Waals surface area contributed by atoms with Crippen LogP contribution in [0.3, 0.4) is 0 Å². The number of nitrogens with zero attached hydrogens (tertiary/aromatic N) is 1. The van der Waals surface area contributed by atoms with Crippen LogP contribution in [0.4, 0.5) is 8.78 Å². The van der Waals surface area contributed by atoms with Gasteiger partial charge in [0.05, 0.1) is 18.3 Å². The number of alkyl halides is 2. The van der Waals surface area contributed by atoms with E-state index in [1.54, 1.807) is 0 Å². The van der Waals surface area contributed by atoms with Crippen LogP contribution in [-0.4, -0.2) is 20.5 Å². The molecule has 4 nitrogen and oxygen atoms in total. The molecule has 1 rings (SSSR count). The first-order chi connectivity index (χ1) is 7.29. The van der Waals surface area contributed by atoms with E-state index in [1.807, 2.05) is 0 Å². The van der Waals surface area contributed by atoms with Crippen LogP contribution in [0, 0.1) is 0 Å². The largest absolute Gasteiger partial charge is 0.494 e. The number of pyridine rings is 1. The van der Waals surface area contributed by atoms with Crippen LogP contribution in [0.5, 0.6) is 5.75 Å². The van der Waals surface area contributed by atoms with E-state index in [0.29, 0.717) is 0 Å². The summed E-state index contributed by atoms with van der Waals surface area (Å²) in [5.41, 5.74) is -0.860. The lowest BCUT2D eigenvalue weighted by Crippen LogP contribution is -2.02. The van der Waals surface area contributed by atoms with E-state index in [2.05, 4.69) is 9.72 Å². The van der Waals surface area contributed by atoms with E-state index in [9.17, 15) is 17.2 Å². The number of rotatable bonds is 3. The van der Waals surface area contributed by atoms with Crippen molar-refractivity contribution in [2.24, 2.45) is 0 Å². The highest BCUT2D eigenvalue weighted by molar-refractivity contribution is 8.14. The van der Waals surface area contributed by atoms with E-state index in [-0.39, 0.29) is 5.75 Å². The molecule has 90 valence electrons. The fourth-order valence-corrected chi connectivity index (χ4v) is 2.79. The average Bonchev–Trinajstić information content (AvgIpc) is 2.14. The average molecular weight is 292 g/mol. The SMILES string of the molecule is COc1cnc(C(F)F)c(Cl)c1S(=O)(=O)Cl. The first-order valence-corrected chi connectivity index (χ1v) is 6.43. The number of aromatic nitrogens is 1. The van der Waals surface area contributed by atoms with Crippen molar-refractivity contribution < 1.29 is 21.9 Å². The molecule has 0 spiro atoms. The second-order valence-corrected chi connectivity index (χ2v) is 5.47. The molecule has 1 aromatic rings. The summed E-state index contributed by atoms with van der Waals surface area (Å²) in [5, 5.41) is -0.732. The second-order valence-electron chi connectivity index (χ2n) is 2.59. The van der Waals surface area contributed by atoms with E-state index < -0.39 is 31.1 Å². The van der Waals surface area contributed by atoms with Crippen molar-refractivity contribution >= 4 is 31.3 Å². The quantitative estimate of drug-likeness (QED) is 0.803. The minimum atomic E-state index is -4.29. The summed E-state index contributed by atoms with van der Waals surface area (Å²) in [4.78, 5) is 2.59. The minimum absolute atomic E-state index is 0.288. The molecule has 0 unspecified atom stereocenters. The van der Waals surface area contributed by atoms with Crippen molar-refractivity contribution in [2.45, 2.75) is 11.3 Å². The Balaban J connectivity index is 3.60. The van der Waals surface area contributed by atoms with Crippen molar-refractivity contribution in [3.8, 4) is 5.75 Å². The standard InChI is InChI=1S/C7H5Cl2F2NO3S/c1-15-3-2-12-5(7(10)11)4(8)6(3)16(9,13)14/h2,7H,1H3. The first-order valence-electron chi connectivity index (χ1n) is 3.74. The molecular weight excluding hydrogens is 287 g/mol. The predicted molar refractivity (Wildman–Crippen MR) is 53.8 cm³/mol. The highest BCUT2D eigenvalue weighted by Crippen LogP contribution is 2.37. The summed E-state index contributed by atoms with van der Waals surface area (Å²) in [6.07, 6.45) is -2.18. The summed E-state index contributed by atoms with van der Waals surface area (Å²) >= 11 is 5.49. The summed E-state index contributed by atoms with van der Waals surface area (Å²) < 4.78 is 51.7. The highest BCUT2D eigenvalue weighted by atomic mass is 35.7. The zero-order chi connectivity index (χ0) is 12.5. The topological polar surface area (TPSA) is 56.3 Å². The lowest BCUT2D eigenvalue weighted by Gasteiger charge is -2.09. The zero-order valence-electron chi connectivity index (χ0n) is 7.75. The van der Waals surface area contributed by atoms with Gasteiger partial charge in [0.1, 0.15) is 10.6 Å². The lowest BCUT2D eigenvalue weighted by molar-refractivity contribution is 0.145. The molecule has 0 bridgehead atoms. The van der Waals surface area contributed by atoms with Crippen LogP contribution in [0.1, 0.15) is 12.1 Å². The smallest absolute Gasteiger partial charge is 0.281 e. The van der Waals surface area contributed by atoms with Crippen LogP contribution >= 0.6 is 22.3 Å². The van der Waals surface area contributed by atoms with E-state index in [1.165, 1.54) is 0 Å². The highest BCUT2D eigenvalue weighted by Gasteiger charge is 2.27. The monoisotopic (exact) mass is 291 g/mol. The molecule has 0 aromatic carbocycles. The third kappa shape index (κ3) is 2.53. The van der Waals surface area contributed by atoms with Gasteiger partial charge in [-0.05, 0) is 0 Å². The van der Waals surface area contributed by atoms with E-state index in [4.69, 9.17) is 22.3 Å². The molecule has 0 N–H and O–H groups in total. The Morgan fingerprint density at radius 3 is 2.44 bits per heavy atom. The van der Waals surface area contributed by atoms with Crippen molar-refractivity contribution in [1.82, 2.24) is 4.98 Å². The van der Waals surface area contributed by atoms with Crippen LogP contribution in [0.2, 0.25) is 5.02 Å². The van der Waals surface area contributed by atoms with Crippen molar-refractivity contribution in [3.63, 3.8) is 0 Å². The number of methoxy groups -OCH3 is 1. The maximum atomic E-state index is 12.4. The van der Waals surface area contributed by atoms with Gasteiger partial charge < -0.3 is 4.74 Å². The van der Waals surface area contributed by atoms with E-state index >= 15 is 0 Å². The Morgan fingerprint density at radius 2 is 2.06 bits per heavy atom. The Hall–Kier alpha value is -0.660. The number of hydrogen-bond donors (Lipinski definition) is 0. The molecule has 0 saturated heterocycles. The molecule has 16 heavy (non-hydrogen) atoms. The van der Waals surface area contributed by atoms with Crippen LogP contribution < -0.4 is 4.74 Å². The fourth-order valence-electron chi connectivity index (χ4n) is 0.993. The van der Waals surface area contributed by atoms with Gasteiger partial charge >= 0.3 is 0 Å². The molecule has 0 aliphatic rings. The maximum absolute atomic E-state index is 12.4. The summed E-state index contributed by atoms with van der Waals surface area (Å²) in [5.74, 6) is -0.288. The molecule has 0 atom stereocenters. The molecule has 1 aromatic heterocycles. The summed E-state index contributed by atoms with van der Waals surface area (Å²) in [6.45, 7) is 0. The van der Waals surface area contributed by atoms with Gasteiger partial charge in [0.25, 0.3) is 15.5 Å². The summed E-state index contributed by atoms with van der Waals surface area (Å²) in [6, 6.07) is 0. The van der Waals surface area contributed by atoms with Crippen LogP contribution in [0.25, 0.3) is 0 Å². The first kappa shape index (κ1) is 13.4. The minimum Gasteiger partial charge on any atom is -0.494 e. The van der Waals surface area contributed by atoms with Gasteiger partial charge in [0.15, 0.2) is 5.75 Å². The van der Waals surface area contributed by atoms with Crippen molar-refractivity contribution in [3.05, 3.63) is 16.9 Å². The Bertz CT molecular complexity index is 507. The second kappa shape index (κ2) is 4.68. The molecule has 0 fully saturated rings. The van der Waals surface area contributed by atoms with Gasteiger partial charge in [0.2, 0.25) is 0 Å². The molecular formula is C7H5Cl2F2NO3S. The zero-order valence-corrected chi connectivity index (χ0v) is 10.1.